The fourth-order valence-electron chi connectivity index (χ4n) is 5.05. The van der Waals surface area contributed by atoms with E-state index >= 15 is 0 Å². The van der Waals surface area contributed by atoms with Crippen molar-refractivity contribution in [2.45, 2.75) is 37.6 Å². The van der Waals surface area contributed by atoms with E-state index in [0.717, 1.165) is 46.4 Å². The molecule has 1 aromatic carbocycles. The van der Waals surface area contributed by atoms with Crippen molar-refractivity contribution in [3.05, 3.63) is 60.4 Å². The molecule has 35 heavy (non-hydrogen) atoms. The van der Waals surface area contributed by atoms with E-state index in [0.29, 0.717) is 12.5 Å². The molecular weight excluding hydrogens is 448 g/mol. The zero-order valence-electron chi connectivity index (χ0n) is 19.3. The first-order chi connectivity index (χ1) is 17.1. The second-order valence-corrected chi connectivity index (χ2v) is 9.12. The predicted molar refractivity (Wildman–Crippen MR) is 127 cm³/mol. The Morgan fingerprint density at radius 1 is 1.23 bits per heavy atom. The third-order valence-electron chi connectivity index (χ3n) is 6.90. The van der Waals surface area contributed by atoms with Crippen molar-refractivity contribution in [3.63, 3.8) is 0 Å². The van der Waals surface area contributed by atoms with Gasteiger partial charge in [0.15, 0.2) is 5.88 Å². The lowest BCUT2D eigenvalue weighted by Crippen LogP contribution is -2.30. The van der Waals surface area contributed by atoms with Gasteiger partial charge in [0.1, 0.15) is 6.10 Å². The molecule has 4 heterocycles. The number of aliphatic hydroxyl groups excluding tert-OH is 1. The van der Waals surface area contributed by atoms with Gasteiger partial charge in [-0.1, -0.05) is 12.1 Å². The molecule has 1 aliphatic heterocycles. The monoisotopic (exact) mass is 474 g/mol. The number of hydrogen-bond donors (Lipinski definition) is 2. The average Bonchev–Trinajstić information content (AvgIpc) is 3.65. The molecule has 0 amide bonds. The molecular formula is C26H26N4O5. The molecule has 1 saturated carbocycles. The van der Waals surface area contributed by atoms with Crippen molar-refractivity contribution in [1.29, 1.82) is 0 Å². The van der Waals surface area contributed by atoms with Crippen LogP contribution in [0.4, 0.5) is 0 Å². The van der Waals surface area contributed by atoms with Gasteiger partial charge in [0.25, 0.3) is 0 Å². The van der Waals surface area contributed by atoms with Crippen molar-refractivity contribution in [1.82, 2.24) is 19.7 Å². The topological polar surface area (TPSA) is 111 Å². The minimum atomic E-state index is -0.387. The van der Waals surface area contributed by atoms with Crippen LogP contribution in [0, 0.1) is 5.92 Å². The zero-order valence-corrected chi connectivity index (χ0v) is 19.3. The Bertz CT molecular complexity index is 1360. The summed E-state index contributed by atoms with van der Waals surface area (Å²) in [7, 11) is 1.37. The molecule has 0 radical (unpaired) electrons. The van der Waals surface area contributed by atoms with Crippen LogP contribution in [0.5, 0.6) is 5.88 Å². The second kappa shape index (κ2) is 8.83. The summed E-state index contributed by atoms with van der Waals surface area (Å²) in [4.78, 5) is 19.6. The molecule has 4 atom stereocenters. The second-order valence-electron chi connectivity index (χ2n) is 9.12. The summed E-state index contributed by atoms with van der Waals surface area (Å²) in [5.41, 5.74) is 5.23. The number of ether oxygens (including phenoxy) is 3. The molecule has 180 valence electrons. The first kappa shape index (κ1) is 21.8. The Kier molecular flexibility index (Phi) is 5.50. The van der Waals surface area contributed by atoms with Crippen molar-refractivity contribution in [3.8, 4) is 22.8 Å². The number of benzene rings is 1. The highest BCUT2D eigenvalue weighted by atomic mass is 16.6. The van der Waals surface area contributed by atoms with E-state index in [1.54, 1.807) is 10.9 Å². The van der Waals surface area contributed by atoms with Crippen LogP contribution >= 0.6 is 0 Å². The van der Waals surface area contributed by atoms with Gasteiger partial charge >= 0.3 is 5.97 Å². The lowest BCUT2D eigenvalue weighted by Gasteiger charge is -2.18. The van der Waals surface area contributed by atoms with E-state index in [2.05, 4.69) is 10.1 Å². The molecule has 4 aromatic rings. The first-order valence-corrected chi connectivity index (χ1v) is 11.7. The number of methoxy groups -OCH3 is 1. The molecule has 3 aromatic heterocycles. The lowest BCUT2D eigenvalue weighted by atomic mass is 10.0. The number of aromatic nitrogens is 4. The van der Waals surface area contributed by atoms with Crippen LogP contribution in [0.25, 0.3) is 28.0 Å². The number of aromatic amines is 1. The normalized spacial score (nSPS) is 23.5. The largest absolute Gasteiger partial charge is 0.473 e. The third-order valence-corrected chi connectivity index (χ3v) is 6.90. The van der Waals surface area contributed by atoms with E-state index < -0.39 is 0 Å². The summed E-state index contributed by atoms with van der Waals surface area (Å²) in [6.45, 7) is 0.390. The molecule has 2 N–H and O–H groups in total. The summed E-state index contributed by atoms with van der Waals surface area (Å²) in [5, 5.41) is 14.4. The maximum atomic E-state index is 11.5. The molecule has 2 aliphatic rings. The van der Waals surface area contributed by atoms with Gasteiger partial charge < -0.3 is 24.3 Å². The average molecular weight is 475 g/mol. The Labute approximate surface area is 201 Å². The van der Waals surface area contributed by atoms with Crippen LogP contribution in [0.1, 0.15) is 18.4 Å². The molecule has 9 nitrogen and oxygen atoms in total. The van der Waals surface area contributed by atoms with Gasteiger partial charge in [-0.3, -0.25) is 4.79 Å². The van der Waals surface area contributed by atoms with Crippen LogP contribution in [0.2, 0.25) is 0 Å². The number of esters is 1. The fraction of sp³-hybridized carbons (Fsp3) is 0.346. The Morgan fingerprint density at radius 3 is 2.91 bits per heavy atom. The highest BCUT2D eigenvalue weighted by molar-refractivity contribution is 5.80. The van der Waals surface area contributed by atoms with E-state index in [4.69, 9.17) is 19.2 Å². The molecule has 0 bridgehead atoms. The number of aliphatic hydroxyl groups is 1. The highest BCUT2D eigenvalue weighted by Crippen LogP contribution is 2.38. The van der Waals surface area contributed by atoms with Crippen molar-refractivity contribution in [2.24, 2.45) is 5.92 Å². The standard InChI is InChI=1S/C26H26N4O5/c1-33-25(32)10-15-12-27-30(13-15)17-4-2-16(3-5-17)19-7-8-20-21(28-19)11-24(29-20)35-23-9-6-18-22(31)14-34-26(18)23/h2-5,7-8,11-13,18,22-23,26,29,31H,6,9-10,14H2,1H3/t18?,22-,23-,26+/m1/s1. The molecule has 6 rings (SSSR count). The summed E-state index contributed by atoms with van der Waals surface area (Å²) in [6.07, 6.45) is 4.96. The number of fused-ring (bicyclic) bond motifs is 2. The quantitative estimate of drug-likeness (QED) is 0.413. The van der Waals surface area contributed by atoms with E-state index in [-0.39, 0.29) is 36.6 Å². The Hall–Kier alpha value is -3.69. The van der Waals surface area contributed by atoms with E-state index in [1.807, 2.05) is 48.7 Å². The zero-order chi connectivity index (χ0) is 23.9. The van der Waals surface area contributed by atoms with Gasteiger partial charge in [-0.15, -0.1) is 0 Å². The smallest absolute Gasteiger partial charge is 0.310 e. The van der Waals surface area contributed by atoms with Gasteiger partial charge in [-0.2, -0.15) is 5.10 Å². The summed E-state index contributed by atoms with van der Waals surface area (Å²) >= 11 is 0. The minimum absolute atomic E-state index is 0.0511. The number of rotatable bonds is 6. The molecule has 9 heteroatoms. The summed E-state index contributed by atoms with van der Waals surface area (Å²) < 4.78 is 18.4. The van der Waals surface area contributed by atoms with Crippen LogP contribution in [-0.2, 0) is 20.7 Å². The lowest BCUT2D eigenvalue weighted by molar-refractivity contribution is -0.139. The number of nitrogens with one attached hydrogen (secondary N) is 1. The summed E-state index contributed by atoms with van der Waals surface area (Å²) in [6, 6.07) is 13.8. The van der Waals surface area contributed by atoms with Crippen molar-refractivity contribution < 1.29 is 24.1 Å². The van der Waals surface area contributed by atoms with Crippen molar-refractivity contribution >= 4 is 17.0 Å². The maximum absolute atomic E-state index is 11.5. The molecule has 0 spiro atoms. The first-order valence-electron chi connectivity index (χ1n) is 11.7. The molecule has 1 aliphatic carbocycles. The molecule has 2 fully saturated rings. The van der Waals surface area contributed by atoms with Gasteiger partial charge in [-0.25, -0.2) is 9.67 Å². The number of carbonyl (C=O) groups excluding carboxylic acids is 1. The minimum Gasteiger partial charge on any atom is -0.473 e. The maximum Gasteiger partial charge on any atom is 0.310 e. The Morgan fingerprint density at radius 2 is 2.09 bits per heavy atom. The number of carbonyl (C=O) groups is 1. The number of nitrogens with zero attached hydrogens (tertiary/aromatic N) is 3. The van der Waals surface area contributed by atoms with Crippen LogP contribution in [0.15, 0.2) is 54.9 Å². The van der Waals surface area contributed by atoms with E-state index in [9.17, 15) is 9.90 Å². The Balaban J connectivity index is 1.17. The molecule has 1 unspecified atom stereocenters. The van der Waals surface area contributed by atoms with Crippen molar-refractivity contribution in [2.75, 3.05) is 13.7 Å². The van der Waals surface area contributed by atoms with Gasteiger partial charge in [0.2, 0.25) is 0 Å². The highest BCUT2D eigenvalue weighted by Gasteiger charge is 2.47. The van der Waals surface area contributed by atoms with Gasteiger partial charge in [0.05, 0.1) is 61.0 Å². The van der Waals surface area contributed by atoms with Crippen LogP contribution in [-0.4, -0.2) is 62.9 Å². The number of pyridine rings is 1. The molecule has 1 saturated heterocycles. The third kappa shape index (κ3) is 4.17. The fourth-order valence-corrected chi connectivity index (χ4v) is 5.05. The number of H-pyrrole nitrogens is 1. The van der Waals surface area contributed by atoms with E-state index in [1.165, 1.54) is 7.11 Å². The van der Waals surface area contributed by atoms with Crippen LogP contribution < -0.4 is 4.74 Å². The van der Waals surface area contributed by atoms with Gasteiger partial charge in [-0.05, 0) is 37.1 Å². The van der Waals surface area contributed by atoms with Crippen LogP contribution in [0.3, 0.4) is 0 Å². The predicted octanol–water partition coefficient (Wildman–Crippen LogP) is 3.05. The SMILES string of the molecule is COC(=O)Cc1cnn(-c2ccc(-c3ccc4[nH]c(O[C@@H]5CCC6[C@H](O)CO[C@@H]65)cc4n3)cc2)c1. The van der Waals surface area contributed by atoms with Gasteiger partial charge in [0, 0.05) is 29.3 Å². The summed E-state index contributed by atoms with van der Waals surface area (Å²) in [5.74, 6) is 0.535. The number of hydrogen-bond acceptors (Lipinski definition) is 7.